The summed E-state index contributed by atoms with van der Waals surface area (Å²) in [4.78, 5) is 0. The van der Waals surface area contributed by atoms with E-state index in [4.69, 9.17) is 9.16 Å². The summed E-state index contributed by atoms with van der Waals surface area (Å²) >= 11 is 0. The average molecular weight is 370 g/mol. The van der Waals surface area contributed by atoms with Crippen molar-refractivity contribution in [3.63, 3.8) is 0 Å². The van der Waals surface area contributed by atoms with Crippen molar-refractivity contribution >= 4 is 31.4 Å². The molecule has 0 amide bonds. The quantitative estimate of drug-likeness (QED) is 0.589. The van der Waals surface area contributed by atoms with Crippen LogP contribution in [0.2, 0.25) is 18.1 Å². The normalized spacial score (nSPS) is 11.2. The predicted molar refractivity (Wildman–Crippen MR) is 85.8 cm³/mol. The van der Waals surface area contributed by atoms with E-state index >= 15 is 0 Å². The van der Waals surface area contributed by atoms with Crippen LogP contribution in [0.25, 0.3) is 0 Å². The number of halogens is 1. The Morgan fingerprint density at radius 1 is 1.10 bits per heavy atom. The van der Waals surface area contributed by atoms with E-state index in [1.165, 1.54) is 0 Å². The molecule has 0 N–H and O–H groups in total. The van der Waals surface area contributed by atoms with Crippen molar-refractivity contribution in [2.75, 3.05) is 7.11 Å². The molecule has 0 bridgehead atoms. The van der Waals surface area contributed by atoms with Crippen molar-refractivity contribution in [1.82, 2.24) is 0 Å². The molecular formula is C15H25BrMgO2Si. The summed E-state index contributed by atoms with van der Waals surface area (Å²) in [5, 5.41) is 0.168. The maximum Gasteiger partial charge on any atom is 2.00 e. The van der Waals surface area contributed by atoms with Crippen molar-refractivity contribution in [3.8, 4) is 11.5 Å². The molecule has 110 valence electrons. The second kappa shape index (κ2) is 7.96. The molecule has 0 aromatic heterocycles. The van der Waals surface area contributed by atoms with E-state index in [-0.39, 0.29) is 45.1 Å². The number of rotatable bonds is 3. The molecular weight excluding hydrogens is 344 g/mol. The van der Waals surface area contributed by atoms with Crippen LogP contribution in [0.1, 0.15) is 31.9 Å². The molecule has 1 aromatic rings. The predicted octanol–water partition coefficient (Wildman–Crippen LogP) is 1.19. The van der Waals surface area contributed by atoms with Crippen LogP contribution in [-0.4, -0.2) is 38.5 Å². The summed E-state index contributed by atoms with van der Waals surface area (Å²) in [7, 11) is -0.187. The number of hydrogen-bond donors (Lipinski definition) is 0. The maximum atomic E-state index is 6.37. The number of aryl methyl sites for hydroxylation is 1. The van der Waals surface area contributed by atoms with E-state index in [1.54, 1.807) is 7.11 Å². The van der Waals surface area contributed by atoms with E-state index in [0.29, 0.717) is 0 Å². The Bertz CT molecular complexity index is 442. The molecule has 0 spiro atoms. The van der Waals surface area contributed by atoms with E-state index in [1.807, 2.05) is 19.1 Å². The summed E-state index contributed by atoms with van der Waals surface area (Å²) in [5.41, 5.74) is 1.97. The van der Waals surface area contributed by atoms with E-state index in [0.717, 1.165) is 22.6 Å². The number of methoxy groups -OCH3 is 1. The van der Waals surface area contributed by atoms with Crippen LogP contribution in [0.5, 0.6) is 11.5 Å². The summed E-state index contributed by atoms with van der Waals surface area (Å²) in [6.07, 6.45) is 0. The number of hydrogen-bond acceptors (Lipinski definition) is 2. The van der Waals surface area contributed by atoms with Crippen LogP contribution in [0.15, 0.2) is 12.1 Å². The van der Waals surface area contributed by atoms with Gasteiger partial charge in [-0.25, -0.2) is 0 Å². The van der Waals surface area contributed by atoms with Gasteiger partial charge in [0, 0.05) is 0 Å². The first kappa shape index (κ1) is 22.4. The van der Waals surface area contributed by atoms with Gasteiger partial charge in [0.2, 0.25) is 8.32 Å². The van der Waals surface area contributed by atoms with Gasteiger partial charge in [-0.2, -0.15) is 18.6 Å². The maximum absolute atomic E-state index is 6.37. The fraction of sp³-hybridized carbons (Fsp3) is 0.533. The second-order valence-electron chi connectivity index (χ2n) is 6.27. The number of benzene rings is 1. The summed E-state index contributed by atoms with van der Waals surface area (Å²) in [6, 6.07) is 4.00. The molecule has 0 atom stereocenters. The van der Waals surface area contributed by atoms with Crippen LogP contribution in [0, 0.1) is 13.8 Å². The Labute approximate surface area is 151 Å². The van der Waals surface area contributed by atoms with Gasteiger partial charge in [0.1, 0.15) is 0 Å². The van der Waals surface area contributed by atoms with Crippen molar-refractivity contribution in [2.24, 2.45) is 0 Å². The average Bonchev–Trinajstić information content (AvgIpc) is 2.22. The molecule has 0 aliphatic carbocycles. The third kappa shape index (κ3) is 4.86. The first-order valence-electron chi connectivity index (χ1n) is 6.28. The topological polar surface area (TPSA) is 18.5 Å². The summed E-state index contributed by atoms with van der Waals surface area (Å²) in [6.45, 7) is 17.2. The fourth-order valence-corrected chi connectivity index (χ4v) is 2.53. The van der Waals surface area contributed by atoms with Gasteiger partial charge in [-0.05, 0) is 30.6 Å². The molecule has 20 heavy (non-hydrogen) atoms. The van der Waals surface area contributed by atoms with Gasteiger partial charge in [-0.3, -0.25) is 0 Å². The molecule has 0 heterocycles. The second-order valence-corrected chi connectivity index (χ2v) is 11.0. The Kier molecular flexibility index (Phi) is 8.93. The molecule has 0 radical (unpaired) electrons. The summed E-state index contributed by atoms with van der Waals surface area (Å²) in [5.74, 6) is 1.62. The Morgan fingerprint density at radius 2 is 1.60 bits per heavy atom. The van der Waals surface area contributed by atoms with Gasteiger partial charge in [0.25, 0.3) is 0 Å². The smallest absolute Gasteiger partial charge is 1.00 e. The molecule has 0 aliphatic heterocycles. The summed E-state index contributed by atoms with van der Waals surface area (Å²) < 4.78 is 11.8. The Balaban J connectivity index is 0. The minimum absolute atomic E-state index is 0. The van der Waals surface area contributed by atoms with Crippen molar-refractivity contribution in [3.05, 3.63) is 30.2 Å². The van der Waals surface area contributed by atoms with Gasteiger partial charge < -0.3 is 26.1 Å². The van der Waals surface area contributed by atoms with E-state index in [9.17, 15) is 0 Å². The van der Waals surface area contributed by atoms with Crippen LogP contribution < -0.4 is 26.1 Å². The molecule has 2 nitrogen and oxygen atoms in total. The van der Waals surface area contributed by atoms with E-state index < -0.39 is 8.32 Å². The minimum Gasteiger partial charge on any atom is -1.00 e. The van der Waals surface area contributed by atoms with Crippen molar-refractivity contribution in [2.45, 2.75) is 45.8 Å². The first-order valence-corrected chi connectivity index (χ1v) is 9.19. The first-order chi connectivity index (χ1) is 8.10. The minimum atomic E-state index is -1.86. The van der Waals surface area contributed by atoms with Gasteiger partial charge in [-0.15, -0.1) is 6.07 Å². The molecule has 0 fully saturated rings. The van der Waals surface area contributed by atoms with Crippen LogP contribution in [0.3, 0.4) is 0 Å². The largest absolute Gasteiger partial charge is 2.00 e. The standard InChI is InChI=1S/C15H25O2Si.BrH.Mg/c1-11-9-10-12(2)14(13(11)16-6)17-18(7,8)15(3,4)5;;/h9-10H,1H2,2-8H3;1H;/q-1;;+2/p-1. The molecule has 0 saturated heterocycles. The van der Waals surface area contributed by atoms with E-state index in [2.05, 4.69) is 40.8 Å². The van der Waals surface area contributed by atoms with Gasteiger partial charge in [0.05, 0.1) is 18.6 Å². The van der Waals surface area contributed by atoms with Crippen LogP contribution in [-0.2, 0) is 0 Å². The van der Waals surface area contributed by atoms with Crippen LogP contribution in [0.4, 0.5) is 0 Å². The Morgan fingerprint density at radius 3 is 2.00 bits per heavy atom. The molecule has 5 heteroatoms. The number of ether oxygens (including phenoxy) is 1. The zero-order valence-electron chi connectivity index (χ0n) is 13.8. The zero-order valence-corrected chi connectivity index (χ0v) is 17.8. The molecule has 0 unspecified atom stereocenters. The zero-order chi connectivity index (χ0) is 14.1. The fourth-order valence-electron chi connectivity index (χ4n) is 1.46. The van der Waals surface area contributed by atoms with Gasteiger partial charge in [-0.1, -0.05) is 20.8 Å². The Hall–Kier alpha value is 0.153. The SMILES string of the molecule is [Br-].[CH2-]c1ccc(C)c(O[Si](C)(C)C(C)(C)C)c1OC.[Mg+2]. The molecule has 0 saturated carbocycles. The van der Waals surface area contributed by atoms with Crippen molar-refractivity contribution in [1.29, 1.82) is 0 Å². The monoisotopic (exact) mass is 368 g/mol. The van der Waals surface area contributed by atoms with Crippen molar-refractivity contribution < 1.29 is 26.1 Å². The van der Waals surface area contributed by atoms with Gasteiger partial charge in [0.15, 0.2) is 0 Å². The van der Waals surface area contributed by atoms with Crippen LogP contribution >= 0.6 is 0 Å². The molecule has 0 aliphatic rings. The van der Waals surface area contributed by atoms with Gasteiger partial charge >= 0.3 is 23.1 Å². The third-order valence-corrected chi connectivity index (χ3v) is 8.08. The third-order valence-electron chi connectivity index (χ3n) is 3.76. The molecule has 1 aromatic carbocycles. The molecule has 1 rings (SSSR count).